The van der Waals surface area contributed by atoms with Crippen molar-refractivity contribution in [2.75, 3.05) is 5.32 Å². The first-order valence-electron chi connectivity index (χ1n) is 8.72. The van der Waals surface area contributed by atoms with Crippen LogP contribution in [0.2, 0.25) is 5.28 Å². The van der Waals surface area contributed by atoms with Gasteiger partial charge in [0.2, 0.25) is 5.28 Å². The molecule has 0 aliphatic rings. The first-order chi connectivity index (χ1) is 13.9. The van der Waals surface area contributed by atoms with Crippen molar-refractivity contribution in [3.05, 3.63) is 82.9 Å². The lowest BCUT2D eigenvalue weighted by Crippen LogP contribution is -2.07. The van der Waals surface area contributed by atoms with Crippen molar-refractivity contribution in [3.8, 4) is 0 Å². The molecule has 0 bridgehead atoms. The summed E-state index contributed by atoms with van der Waals surface area (Å²) >= 11 is 6.07. The van der Waals surface area contributed by atoms with Crippen LogP contribution >= 0.6 is 11.6 Å². The maximum Gasteiger partial charge on any atom is 0.416 e. The van der Waals surface area contributed by atoms with Gasteiger partial charge in [-0.25, -0.2) is 4.98 Å². The molecule has 2 aromatic heterocycles. The van der Waals surface area contributed by atoms with E-state index in [4.69, 9.17) is 11.6 Å². The summed E-state index contributed by atoms with van der Waals surface area (Å²) in [6.07, 6.45) is -2.88. The third-order valence-electron chi connectivity index (χ3n) is 4.35. The zero-order valence-corrected chi connectivity index (χ0v) is 15.7. The number of benzene rings is 2. The van der Waals surface area contributed by atoms with Gasteiger partial charge < -0.3 is 9.88 Å². The lowest BCUT2D eigenvalue weighted by atomic mass is 10.1. The summed E-state index contributed by atoms with van der Waals surface area (Å²) in [7, 11) is 0. The normalized spacial score (nSPS) is 11.7. The molecule has 0 amide bonds. The molecule has 5 nitrogen and oxygen atoms in total. The molecule has 0 unspecified atom stereocenters. The number of nitrogens with zero attached hydrogens (tertiary/aromatic N) is 4. The predicted octanol–water partition coefficient (Wildman–Crippen LogP) is 5.16. The molecule has 0 spiro atoms. The quantitative estimate of drug-likeness (QED) is 0.456. The van der Waals surface area contributed by atoms with E-state index in [0.717, 1.165) is 17.7 Å². The third kappa shape index (κ3) is 4.32. The van der Waals surface area contributed by atoms with Crippen LogP contribution in [0, 0.1) is 0 Å². The van der Waals surface area contributed by atoms with Crippen molar-refractivity contribution in [1.82, 2.24) is 19.5 Å². The molecule has 1 N–H and O–H groups in total. The second kappa shape index (κ2) is 7.71. The number of rotatable bonds is 5. The summed E-state index contributed by atoms with van der Waals surface area (Å²) in [5.74, 6) is 0.464. The predicted molar refractivity (Wildman–Crippen MR) is 105 cm³/mol. The molecule has 0 saturated carbocycles. The second-order valence-electron chi connectivity index (χ2n) is 6.42. The summed E-state index contributed by atoms with van der Waals surface area (Å²) in [5.41, 5.74) is 1.78. The van der Waals surface area contributed by atoms with Crippen LogP contribution in [-0.2, 0) is 19.3 Å². The van der Waals surface area contributed by atoms with Gasteiger partial charge in [-0.3, -0.25) is 0 Å². The van der Waals surface area contributed by atoms with Crippen LogP contribution in [0.15, 0.2) is 60.9 Å². The third-order valence-corrected chi connectivity index (χ3v) is 4.52. The van der Waals surface area contributed by atoms with Crippen LogP contribution in [0.1, 0.15) is 16.7 Å². The SMILES string of the molecule is FC(F)(F)c1cccc(Cn2cnc3c(NCc4ccccc4)nc(Cl)nc32)c1. The van der Waals surface area contributed by atoms with Crippen molar-refractivity contribution in [2.24, 2.45) is 0 Å². The minimum Gasteiger partial charge on any atom is -0.364 e. The average molecular weight is 418 g/mol. The fourth-order valence-corrected chi connectivity index (χ4v) is 3.15. The Hall–Kier alpha value is -3.13. The van der Waals surface area contributed by atoms with Gasteiger partial charge in [-0.05, 0) is 34.9 Å². The zero-order valence-electron chi connectivity index (χ0n) is 15.0. The van der Waals surface area contributed by atoms with Gasteiger partial charge in [0.15, 0.2) is 17.0 Å². The summed E-state index contributed by atoms with van der Waals surface area (Å²) in [6.45, 7) is 0.690. The van der Waals surface area contributed by atoms with Crippen molar-refractivity contribution in [2.45, 2.75) is 19.3 Å². The summed E-state index contributed by atoms with van der Waals surface area (Å²) in [5, 5.41) is 3.22. The van der Waals surface area contributed by atoms with Crippen LogP contribution in [0.3, 0.4) is 0 Å². The number of imidazole rings is 1. The largest absolute Gasteiger partial charge is 0.416 e. The van der Waals surface area contributed by atoms with Crippen molar-refractivity contribution >= 4 is 28.6 Å². The Balaban J connectivity index is 1.63. The molecule has 2 aromatic carbocycles. The number of anilines is 1. The minimum absolute atomic E-state index is 0.0267. The second-order valence-corrected chi connectivity index (χ2v) is 6.76. The smallest absolute Gasteiger partial charge is 0.364 e. The fraction of sp³-hybridized carbons (Fsp3) is 0.150. The van der Waals surface area contributed by atoms with E-state index in [1.54, 1.807) is 10.6 Å². The molecule has 4 aromatic rings. The van der Waals surface area contributed by atoms with E-state index < -0.39 is 11.7 Å². The molecule has 0 aliphatic carbocycles. The van der Waals surface area contributed by atoms with Crippen molar-refractivity contribution in [1.29, 1.82) is 0 Å². The number of alkyl halides is 3. The van der Waals surface area contributed by atoms with E-state index in [1.807, 2.05) is 30.3 Å². The van der Waals surface area contributed by atoms with Crippen LogP contribution < -0.4 is 5.32 Å². The molecule has 2 heterocycles. The summed E-state index contributed by atoms with van der Waals surface area (Å²) in [4.78, 5) is 12.7. The Labute approximate surface area is 169 Å². The van der Waals surface area contributed by atoms with Gasteiger partial charge in [-0.15, -0.1) is 0 Å². The standard InChI is InChI=1S/C20H15ClF3N5/c21-19-27-17(25-10-13-5-2-1-3-6-13)16-18(28-19)29(12-26-16)11-14-7-4-8-15(9-14)20(22,23)24/h1-9,12H,10-11H2,(H,25,27,28). The highest BCUT2D eigenvalue weighted by molar-refractivity contribution is 6.28. The molecule has 0 atom stereocenters. The van der Waals surface area contributed by atoms with Crippen molar-refractivity contribution < 1.29 is 13.2 Å². The highest BCUT2D eigenvalue weighted by Gasteiger charge is 2.30. The minimum atomic E-state index is -4.40. The van der Waals surface area contributed by atoms with Gasteiger partial charge in [0, 0.05) is 6.54 Å². The molecular formula is C20H15ClF3N5. The molecule has 0 fully saturated rings. The lowest BCUT2D eigenvalue weighted by Gasteiger charge is -2.10. The van der Waals surface area contributed by atoms with Gasteiger partial charge in [0.25, 0.3) is 0 Å². The van der Waals surface area contributed by atoms with Crippen LogP contribution in [0.4, 0.5) is 19.0 Å². The molecule has 29 heavy (non-hydrogen) atoms. The van der Waals surface area contributed by atoms with Crippen molar-refractivity contribution in [3.63, 3.8) is 0 Å². The van der Waals surface area contributed by atoms with Crippen LogP contribution in [-0.4, -0.2) is 19.5 Å². The fourth-order valence-electron chi connectivity index (χ4n) is 2.98. The first kappa shape index (κ1) is 19.2. The molecule has 0 saturated heterocycles. The monoisotopic (exact) mass is 417 g/mol. The highest BCUT2D eigenvalue weighted by atomic mass is 35.5. The van der Waals surface area contributed by atoms with Crippen LogP contribution in [0.25, 0.3) is 11.2 Å². The summed E-state index contributed by atoms with van der Waals surface area (Å²) in [6, 6.07) is 14.9. The average Bonchev–Trinajstić information content (AvgIpc) is 3.09. The maximum atomic E-state index is 13.0. The van der Waals surface area contributed by atoms with Gasteiger partial charge in [0.1, 0.15) is 0 Å². The van der Waals surface area contributed by atoms with Crippen LogP contribution in [0.5, 0.6) is 0 Å². The van der Waals surface area contributed by atoms with E-state index in [-0.39, 0.29) is 11.8 Å². The van der Waals surface area contributed by atoms with Gasteiger partial charge >= 0.3 is 6.18 Å². The molecule has 0 aliphatic heterocycles. The molecule has 148 valence electrons. The Kier molecular flexibility index (Phi) is 5.10. The van der Waals surface area contributed by atoms with Gasteiger partial charge in [0.05, 0.1) is 18.4 Å². The Bertz CT molecular complexity index is 1140. The molecule has 0 radical (unpaired) electrons. The van der Waals surface area contributed by atoms with E-state index in [1.165, 1.54) is 12.4 Å². The topological polar surface area (TPSA) is 55.6 Å². The Morgan fingerprint density at radius 1 is 0.966 bits per heavy atom. The van der Waals surface area contributed by atoms with Gasteiger partial charge in [-0.1, -0.05) is 42.5 Å². The molecule has 4 rings (SSSR count). The number of aromatic nitrogens is 4. The number of nitrogens with one attached hydrogen (secondary N) is 1. The Morgan fingerprint density at radius 2 is 1.72 bits per heavy atom. The summed E-state index contributed by atoms with van der Waals surface area (Å²) < 4.78 is 40.5. The number of hydrogen-bond acceptors (Lipinski definition) is 4. The molecular weight excluding hydrogens is 403 g/mol. The number of halogens is 4. The molecule has 9 heteroatoms. The number of fused-ring (bicyclic) bond motifs is 1. The van der Waals surface area contributed by atoms with E-state index in [0.29, 0.717) is 29.1 Å². The first-order valence-corrected chi connectivity index (χ1v) is 9.10. The van der Waals surface area contributed by atoms with E-state index >= 15 is 0 Å². The van der Waals surface area contributed by atoms with Gasteiger partial charge in [-0.2, -0.15) is 23.1 Å². The number of hydrogen-bond donors (Lipinski definition) is 1. The maximum absolute atomic E-state index is 13.0. The zero-order chi connectivity index (χ0) is 20.4. The van der Waals surface area contributed by atoms with E-state index in [2.05, 4.69) is 20.3 Å². The van der Waals surface area contributed by atoms with E-state index in [9.17, 15) is 13.2 Å². The lowest BCUT2D eigenvalue weighted by molar-refractivity contribution is -0.137. The Morgan fingerprint density at radius 3 is 2.48 bits per heavy atom. The highest BCUT2D eigenvalue weighted by Crippen LogP contribution is 2.30.